The lowest BCUT2D eigenvalue weighted by Crippen LogP contribution is -2.45. The zero-order valence-corrected chi connectivity index (χ0v) is 13.0. The predicted molar refractivity (Wildman–Crippen MR) is 85.1 cm³/mol. The molecule has 2 heterocycles. The van der Waals surface area contributed by atoms with E-state index < -0.39 is 0 Å². The highest BCUT2D eigenvalue weighted by atomic mass is 15.3. The van der Waals surface area contributed by atoms with Crippen molar-refractivity contribution in [1.82, 2.24) is 20.1 Å². The van der Waals surface area contributed by atoms with Gasteiger partial charge in [0, 0.05) is 24.6 Å². The van der Waals surface area contributed by atoms with E-state index in [1.165, 1.54) is 25.7 Å². The summed E-state index contributed by atoms with van der Waals surface area (Å²) in [6.07, 6.45) is 4.76. The van der Waals surface area contributed by atoms with Gasteiger partial charge in [-0.05, 0) is 25.8 Å². The Balaban J connectivity index is 1.99. The van der Waals surface area contributed by atoms with Gasteiger partial charge in [-0.3, -0.25) is 4.68 Å². The van der Waals surface area contributed by atoms with Gasteiger partial charge in [0.1, 0.15) is 5.82 Å². The van der Waals surface area contributed by atoms with Crippen LogP contribution in [0, 0.1) is 0 Å². The molecule has 1 aliphatic rings. The Labute approximate surface area is 126 Å². The van der Waals surface area contributed by atoms with E-state index in [1.54, 1.807) is 0 Å². The van der Waals surface area contributed by atoms with Crippen molar-refractivity contribution in [1.29, 1.82) is 0 Å². The summed E-state index contributed by atoms with van der Waals surface area (Å²) in [5, 5.41) is 8.22. The van der Waals surface area contributed by atoms with Crippen molar-refractivity contribution < 1.29 is 0 Å². The summed E-state index contributed by atoms with van der Waals surface area (Å²) in [6.45, 7) is 4.39. The molecule has 1 N–H and O–H groups in total. The minimum Gasteiger partial charge on any atom is -0.316 e. The number of benzene rings is 1. The molecule has 0 spiro atoms. The average molecular weight is 284 g/mol. The Morgan fingerprint density at radius 2 is 2.10 bits per heavy atom. The Kier molecular flexibility index (Phi) is 4.06. The molecular formula is C17H24N4. The molecule has 1 atom stereocenters. The molecule has 0 radical (unpaired) electrons. The third kappa shape index (κ3) is 2.72. The lowest BCUT2D eigenvalue weighted by atomic mass is 9.76. The largest absolute Gasteiger partial charge is 0.316 e. The molecule has 4 nitrogen and oxygen atoms in total. The number of rotatable bonds is 4. The van der Waals surface area contributed by atoms with Gasteiger partial charge in [-0.25, -0.2) is 4.98 Å². The van der Waals surface area contributed by atoms with E-state index in [1.807, 2.05) is 29.9 Å². The highest BCUT2D eigenvalue weighted by Gasteiger charge is 2.37. The molecule has 3 rings (SSSR count). The van der Waals surface area contributed by atoms with Crippen LogP contribution in [0.25, 0.3) is 11.4 Å². The Morgan fingerprint density at radius 3 is 2.76 bits per heavy atom. The summed E-state index contributed by atoms with van der Waals surface area (Å²) in [7, 11) is 2.03. The third-order valence-electron chi connectivity index (χ3n) is 4.47. The predicted octanol–water partition coefficient (Wildman–Crippen LogP) is 2.90. The number of hydrogen-bond donors (Lipinski definition) is 1. The molecule has 0 amide bonds. The molecule has 0 saturated carbocycles. The lowest BCUT2D eigenvalue weighted by molar-refractivity contribution is 0.267. The van der Waals surface area contributed by atoms with Crippen molar-refractivity contribution in [2.45, 2.75) is 38.0 Å². The summed E-state index contributed by atoms with van der Waals surface area (Å²) < 4.78 is 1.99. The molecule has 2 aromatic rings. The molecule has 1 fully saturated rings. The van der Waals surface area contributed by atoms with Crippen molar-refractivity contribution in [2.75, 3.05) is 13.1 Å². The van der Waals surface area contributed by atoms with Gasteiger partial charge in [0.25, 0.3) is 0 Å². The van der Waals surface area contributed by atoms with Gasteiger partial charge >= 0.3 is 0 Å². The smallest absolute Gasteiger partial charge is 0.181 e. The summed E-state index contributed by atoms with van der Waals surface area (Å²) in [4.78, 5) is 4.91. The van der Waals surface area contributed by atoms with Crippen LogP contribution in [-0.4, -0.2) is 27.9 Å². The zero-order chi connectivity index (χ0) is 14.7. The van der Waals surface area contributed by atoms with Gasteiger partial charge in [-0.1, -0.05) is 43.7 Å². The van der Waals surface area contributed by atoms with Crippen molar-refractivity contribution in [3.8, 4) is 11.4 Å². The summed E-state index contributed by atoms with van der Waals surface area (Å²) in [6, 6.07) is 10.2. The number of aromatic nitrogens is 3. The van der Waals surface area contributed by atoms with Crippen LogP contribution in [0.4, 0.5) is 0 Å². The number of hydrogen-bond acceptors (Lipinski definition) is 3. The SMILES string of the molecule is CCCC1(c2nc(-c3ccccc3)nn2C)CCCNC1. The Bertz CT molecular complexity index is 577. The van der Waals surface area contributed by atoms with Crippen LogP contribution in [0.3, 0.4) is 0 Å². The fourth-order valence-corrected chi connectivity index (χ4v) is 3.52. The van der Waals surface area contributed by atoms with Gasteiger partial charge in [0.05, 0.1) is 0 Å². The first-order chi connectivity index (χ1) is 10.2. The normalized spacial score (nSPS) is 22.4. The van der Waals surface area contributed by atoms with E-state index in [0.29, 0.717) is 0 Å². The van der Waals surface area contributed by atoms with Gasteiger partial charge in [-0.15, -0.1) is 0 Å². The maximum atomic E-state index is 4.91. The first kappa shape index (κ1) is 14.3. The number of nitrogens with one attached hydrogen (secondary N) is 1. The van der Waals surface area contributed by atoms with Crippen molar-refractivity contribution >= 4 is 0 Å². The fraction of sp³-hybridized carbons (Fsp3) is 0.529. The van der Waals surface area contributed by atoms with Crippen LogP contribution in [0.5, 0.6) is 0 Å². The van der Waals surface area contributed by atoms with Crippen molar-refractivity contribution in [2.24, 2.45) is 7.05 Å². The second-order valence-electron chi connectivity index (χ2n) is 6.06. The van der Waals surface area contributed by atoms with Crippen LogP contribution >= 0.6 is 0 Å². The average Bonchev–Trinajstić information content (AvgIpc) is 2.92. The first-order valence-electron chi connectivity index (χ1n) is 7.93. The molecular weight excluding hydrogens is 260 g/mol. The van der Waals surface area contributed by atoms with E-state index in [4.69, 9.17) is 4.98 Å². The maximum Gasteiger partial charge on any atom is 0.181 e. The molecule has 21 heavy (non-hydrogen) atoms. The quantitative estimate of drug-likeness (QED) is 0.938. The topological polar surface area (TPSA) is 42.7 Å². The second-order valence-corrected chi connectivity index (χ2v) is 6.06. The molecule has 1 unspecified atom stereocenters. The lowest BCUT2D eigenvalue weighted by Gasteiger charge is -2.36. The summed E-state index contributed by atoms with van der Waals surface area (Å²) in [5.74, 6) is 1.98. The molecule has 1 saturated heterocycles. The molecule has 0 bridgehead atoms. The number of piperidine rings is 1. The van der Waals surface area contributed by atoms with Crippen LogP contribution in [-0.2, 0) is 12.5 Å². The molecule has 112 valence electrons. The maximum absolute atomic E-state index is 4.91. The van der Waals surface area contributed by atoms with Gasteiger partial charge in [-0.2, -0.15) is 5.10 Å². The van der Waals surface area contributed by atoms with E-state index >= 15 is 0 Å². The third-order valence-corrected chi connectivity index (χ3v) is 4.47. The number of nitrogens with zero attached hydrogens (tertiary/aromatic N) is 3. The van der Waals surface area contributed by atoms with Crippen molar-refractivity contribution in [3.05, 3.63) is 36.2 Å². The first-order valence-corrected chi connectivity index (χ1v) is 7.93. The van der Waals surface area contributed by atoms with E-state index in [2.05, 4.69) is 29.5 Å². The van der Waals surface area contributed by atoms with Crippen LogP contribution in [0.15, 0.2) is 30.3 Å². The molecule has 4 heteroatoms. The summed E-state index contributed by atoms with van der Waals surface area (Å²) >= 11 is 0. The second kappa shape index (κ2) is 5.98. The van der Waals surface area contributed by atoms with Crippen LogP contribution < -0.4 is 5.32 Å². The highest BCUT2D eigenvalue weighted by Crippen LogP contribution is 2.35. The minimum absolute atomic E-state index is 0.141. The Hall–Kier alpha value is -1.68. The van der Waals surface area contributed by atoms with E-state index in [-0.39, 0.29) is 5.41 Å². The van der Waals surface area contributed by atoms with Crippen LogP contribution in [0.2, 0.25) is 0 Å². The minimum atomic E-state index is 0.141. The van der Waals surface area contributed by atoms with Gasteiger partial charge in [0.2, 0.25) is 0 Å². The Morgan fingerprint density at radius 1 is 1.29 bits per heavy atom. The molecule has 1 aromatic heterocycles. The van der Waals surface area contributed by atoms with Gasteiger partial charge in [0.15, 0.2) is 5.82 Å². The highest BCUT2D eigenvalue weighted by molar-refractivity contribution is 5.54. The van der Waals surface area contributed by atoms with Crippen molar-refractivity contribution in [3.63, 3.8) is 0 Å². The number of aryl methyl sites for hydroxylation is 1. The van der Waals surface area contributed by atoms with Crippen LogP contribution in [0.1, 0.15) is 38.4 Å². The molecule has 1 aliphatic heterocycles. The van der Waals surface area contributed by atoms with Gasteiger partial charge < -0.3 is 5.32 Å². The molecule has 0 aliphatic carbocycles. The molecule has 1 aromatic carbocycles. The monoisotopic (exact) mass is 284 g/mol. The van der Waals surface area contributed by atoms with E-state index in [9.17, 15) is 0 Å². The summed E-state index contributed by atoms with van der Waals surface area (Å²) in [5.41, 5.74) is 1.23. The fourth-order valence-electron chi connectivity index (χ4n) is 3.52. The standard InChI is InChI=1S/C17H24N4/c1-3-10-17(11-7-12-18-13-17)16-19-15(20-21(16)2)14-8-5-4-6-9-14/h4-6,8-9,18H,3,7,10-13H2,1-2H3. The zero-order valence-electron chi connectivity index (χ0n) is 13.0. The van der Waals surface area contributed by atoms with E-state index in [0.717, 1.165) is 30.3 Å².